The molecule has 0 rings (SSSR count). The SMILES string of the molecule is CC/C=C\C/C=C\C/C=C\C/C=C\CCC(=O)OC(COC(=O)CCCCCCCCCCCCC)COC(=O)CCCCCCCCCCCCCCCCCCCCC. The monoisotopic (exact) mass is 855 g/mol. The molecule has 0 N–H and O–H groups in total. The Morgan fingerprint density at radius 2 is 0.639 bits per heavy atom. The van der Waals surface area contributed by atoms with Crippen molar-refractivity contribution in [3.8, 4) is 0 Å². The summed E-state index contributed by atoms with van der Waals surface area (Å²) < 4.78 is 16.7. The quantitative estimate of drug-likeness (QED) is 0.0263. The second kappa shape index (κ2) is 50.0. The fourth-order valence-electron chi connectivity index (χ4n) is 7.46. The third kappa shape index (κ3) is 48.3. The van der Waals surface area contributed by atoms with Crippen LogP contribution in [0.1, 0.15) is 265 Å². The highest BCUT2D eigenvalue weighted by atomic mass is 16.6. The highest BCUT2D eigenvalue weighted by Gasteiger charge is 2.19. The van der Waals surface area contributed by atoms with Crippen LogP contribution in [0.3, 0.4) is 0 Å². The first-order chi connectivity index (χ1) is 30.0. The highest BCUT2D eigenvalue weighted by molar-refractivity contribution is 5.71. The molecular weight excluding hydrogens is 757 g/mol. The van der Waals surface area contributed by atoms with Gasteiger partial charge in [-0.3, -0.25) is 14.4 Å². The van der Waals surface area contributed by atoms with E-state index in [9.17, 15) is 14.4 Å². The average Bonchev–Trinajstić information content (AvgIpc) is 3.26. The van der Waals surface area contributed by atoms with Gasteiger partial charge in [0.1, 0.15) is 13.2 Å². The lowest BCUT2D eigenvalue weighted by Crippen LogP contribution is -2.30. The molecule has 0 aliphatic heterocycles. The van der Waals surface area contributed by atoms with Crippen LogP contribution in [-0.4, -0.2) is 37.2 Å². The van der Waals surface area contributed by atoms with Crippen molar-refractivity contribution in [1.82, 2.24) is 0 Å². The van der Waals surface area contributed by atoms with Crippen molar-refractivity contribution in [2.24, 2.45) is 0 Å². The van der Waals surface area contributed by atoms with Crippen molar-refractivity contribution in [2.75, 3.05) is 13.2 Å². The summed E-state index contributed by atoms with van der Waals surface area (Å²) in [5, 5.41) is 0. The van der Waals surface area contributed by atoms with E-state index in [1.165, 1.54) is 154 Å². The van der Waals surface area contributed by atoms with Gasteiger partial charge in [0.2, 0.25) is 0 Å². The summed E-state index contributed by atoms with van der Waals surface area (Å²) >= 11 is 0. The Balaban J connectivity index is 4.35. The number of unbranched alkanes of at least 4 members (excludes halogenated alkanes) is 28. The van der Waals surface area contributed by atoms with E-state index in [0.29, 0.717) is 19.3 Å². The molecule has 0 bridgehead atoms. The molecule has 0 heterocycles. The van der Waals surface area contributed by atoms with Crippen LogP contribution in [-0.2, 0) is 28.6 Å². The number of ether oxygens (including phenoxy) is 3. The van der Waals surface area contributed by atoms with Gasteiger partial charge in [-0.25, -0.2) is 0 Å². The van der Waals surface area contributed by atoms with Crippen LogP contribution in [0.5, 0.6) is 0 Å². The zero-order valence-electron chi connectivity index (χ0n) is 40.4. The molecule has 354 valence electrons. The number of rotatable bonds is 47. The predicted octanol–water partition coefficient (Wildman–Crippen LogP) is 17.1. The van der Waals surface area contributed by atoms with Crippen molar-refractivity contribution in [1.29, 1.82) is 0 Å². The molecule has 0 spiro atoms. The summed E-state index contributed by atoms with van der Waals surface area (Å²) in [6.07, 6.45) is 59.7. The number of carbonyl (C=O) groups excluding carboxylic acids is 3. The summed E-state index contributed by atoms with van der Waals surface area (Å²) in [6.45, 7) is 6.48. The molecule has 0 aromatic carbocycles. The number of carbonyl (C=O) groups is 3. The molecule has 0 saturated heterocycles. The maximum absolute atomic E-state index is 12.7. The van der Waals surface area contributed by atoms with Gasteiger partial charge in [-0.2, -0.15) is 0 Å². The predicted molar refractivity (Wildman–Crippen MR) is 261 cm³/mol. The minimum absolute atomic E-state index is 0.0978. The number of allylic oxidation sites excluding steroid dienone is 8. The Morgan fingerprint density at radius 1 is 0.344 bits per heavy atom. The Kier molecular flexibility index (Phi) is 47.9. The van der Waals surface area contributed by atoms with Gasteiger partial charge >= 0.3 is 17.9 Å². The van der Waals surface area contributed by atoms with Gasteiger partial charge in [0, 0.05) is 19.3 Å². The van der Waals surface area contributed by atoms with Crippen molar-refractivity contribution in [2.45, 2.75) is 271 Å². The maximum atomic E-state index is 12.7. The molecule has 0 aliphatic rings. The van der Waals surface area contributed by atoms with E-state index in [4.69, 9.17) is 14.2 Å². The summed E-state index contributed by atoms with van der Waals surface area (Å²) in [4.78, 5) is 37.9. The van der Waals surface area contributed by atoms with Crippen LogP contribution < -0.4 is 0 Å². The third-order valence-electron chi connectivity index (χ3n) is 11.4. The zero-order chi connectivity index (χ0) is 44.4. The van der Waals surface area contributed by atoms with Gasteiger partial charge in [0.15, 0.2) is 6.10 Å². The Morgan fingerprint density at radius 3 is 0.967 bits per heavy atom. The molecule has 0 saturated carbocycles. The molecule has 0 amide bonds. The van der Waals surface area contributed by atoms with Crippen molar-refractivity contribution in [3.63, 3.8) is 0 Å². The summed E-state index contributed by atoms with van der Waals surface area (Å²) in [7, 11) is 0. The molecule has 1 unspecified atom stereocenters. The second-order valence-electron chi connectivity index (χ2n) is 17.4. The normalized spacial score (nSPS) is 12.4. The van der Waals surface area contributed by atoms with Gasteiger partial charge in [0.05, 0.1) is 0 Å². The lowest BCUT2D eigenvalue weighted by Gasteiger charge is -2.18. The van der Waals surface area contributed by atoms with E-state index >= 15 is 0 Å². The maximum Gasteiger partial charge on any atom is 0.306 e. The average molecular weight is 855 g/mol. The van der Waals surface area contributed by atoms with Crippen LogP contribution >= 0.6 is 0 Å². The summed E-state index contributed by atoms with van der Waals surface area (Å²) in [6, 6.07) is 0. The van der Waals surface area contributed by atoms with Gasteiger partial charge < -0.3 is 14.2 Å². The van der Waals surface area contributed by atoms with E-state index in [1.807, 2.05) is 12.2 Å². The fourth-order valence-corrected chi connectivity index (χ4v) is 7.46. The topological polar surface area (TPSA) is 78.9 Å². The largest absolute Gasteiger partial charge is 0.462 e. The lowest BCUT2D eigenvalue weighted by atomic mass is 10.0. The number of esters is 3. The van der Waals surface area contributed by atoms with E-state index in [2.05, 4.69) is 57.2 Å². The molecule has 0 fully saturated rings. The molecule has 0 aliphatic carbocycles. The van der Waals surface area contributed by atoms with Crippen LogP contribution in [0.2, 0.25) is 0 Å². The van der Waals surface area contributed by atoms with Crippen LogP contribution in [0.25, 0.3) is 0 Å². The molecule has 0 aromatic rings. The molecule has 0 radical (unpaired) electrons. The smallest absolute Gasteiger partial charge is 0.306 e. The Labute approximate surface area is 378 Å². The van der Waals surface area contributed by atoms with E-state index in [0.717, 1.165) is 64.2 Å². The minimum atomic E-state index is -0.805. The molecule has 6 heteroatoms. The van der Waals surface area contributed by atoms with Gasteiger partial charge in [-0.05, 0) is 44.9 Å². The van der Waals surface area contributed by atoms with Crippen LogP contribution in [0.4, 0.5) is 0 Å². The molecule has 0 aromatic heterocycles. The molecular formula is C55H98O6. The van der Waals surface area contributed by atoms with Crippen LogP contribution in [0, 0.1) is 0 Å². The first kappa shape index (κ1) is 58.4. The fraction of sp³-hybridized carbons (Fsp3) is 0.800. The van der Waals surface area contributed by atoms with E-state index in [-0.39, 0.29) is 37.5 Å². The van der Waals surface area contributed by atoms with E-state index in [1.54, 1.807) is 0 Å². The first-order valence-corrected chi connectivity index (χ1v) is 26.1. The molecule has 61 heavy (non-hydrogen) atoms. The van der Waals surface area contributed by atoms with E-state index < -0.39 is 6.10 Å². The van der Waals surface area contributed by atoms with Gasteiger partial charge in [-0.1, -0.05) is 249 Å². The number of hydrogen-bond donors (Lipinski definition) is 0. The second-order valence-corrected chi connectivity index (χ2v) is 17.4. The third-order valence-corrected chi connectivity index (χ3v) is 11.4. The summed E-state index contributed by atoms with van der Waals surface area (Å²) in [5.74, 6) is -0.971. The zero-order valence-corrected chi connectivity index (χ0v) is 40.4. The minimum Gasteiger partial charge on any atom is -0.462 e. The number of hydrogen-bond acceptors (Lipinski definition) is 6. The van der Waals surface area contributed by atoms with Gasteiger partial charge in [-0.15, -0.1) is 0 Å². The Hall–Kier alpha value is -2.63. The van der Waals surface area contributed by atoms with Crippen molar-refractivity contribution >= 4 is 17.9 Å². The lowest BCUT2D eigenvalue weighted by molar-refractivity contribution is -0.166. The molecule has 6 nitrogen and oxygen atoms in total. The van der Waals surface area contributed by atoms with Crippen molar-refractivity contribution < 1.29 is 28.6 Å². The highest BCUT2D eigenvalue weighted by Crippen LogP contribution is 2.16. The molecule has 1 atom stereocenters. The van der Waals surface area contributed by atoms with Crippen molar-refractivity contribution in [3.05, 3.63) is 48.6 Å². The van der Waals surface area contributed by atoms with Crippen LogP contribution in [0.15, 0.2) is 48.6 Å². The first-order valence-electron chi connectivity index (χ1n) is 26.1. The van der Waals surface area contributed by atoms with Gasteiger partial charge in [0.25, 0.3) is 0 Å². The standard InChI is InChI=1S/C55H98O6/c1-4-7-10-13-16-19-22-24-25-26-27-28-29-31-33-36-39-42-45-48-54(57)60-51-52(50-59-53(56)47-44-41-38-35-32-21-18-15-12-9-6-3)61-55(58)49-46-43-40-37-34-30-23-20-17-14-11-8-5-2/h8,11,17,20,30,34,40,43,52H,4-7,9-10,12-16,18-19,21-29,31-33,35-39,41-42,44-51H2,1-3H3/b11-8-,20-17-,34-30-,43-40-. The Bertz CT molecular complexity index is 1070. The summed E-state index contributed by atoms with van der Waals surface area (Å²) in [5.41, 5.74) is 0.